The first-order chi connectivity index (χ1) is 7.88. The molecule has 2 N–H and O–H groups in total. The minimum absolute atomic E-state index is 0.491. The summed E-state index contributed by atoms with van der Waals surface area (Å²) in [6, 6.07) is 3.65. The van der Waals surface area contributed by atoms with Crippen LogP contribution in [0.15, 0.2) is 29.9 Å². The number of nitrogens with two attached hydrogens (primary N) is 1. The molecule has 84 valence electrons. The normalized spacial score (nSPS) is 10.3. The fourth-order valence-corrected chi connectivity index (χ4v) is 2.04. The summed E-state index contributed by atoms with van der Waals surface area (Å²) in [7, 11) is 0. The van der Waals surface area contributed by atoms with Gasteiger partial charge < -0.3 is 10.5 Å². The van der Waals surface area contributed by atoms with E-state index in [1.54, 1.807) is 23.7 Å². The van der Waals surface area contributed by atoms with Gasteiger partial charge in [-0.05, 0) is 18.7 Å². The number of nitrogens with zero attached hydrogens (tertiary/aromatic N) is 2. The standard InChI is InChI=1S/C11H13N3OS/c12-4-1-11-14-9(8-16-11)7-15-10-2-5-13-6-3-10/h2-3,5-6,8H,1,4,7,12H2. The van der Waals surface area contributed by atoms with E-state index in [9.17, 15) is 0 Å². The Bertz CT molecular complexity index is 430. The number of hydrogen-bond acceptors (Lipinski definition) is 5. The van der Waals surface area contributed by atoms with Crippen molar-refractivity contribution in [2.75, 3.05) is 6.54 Å². The van der Waals surface area contributed by atoms with Gasteiger partial charge in [0.2, 0.25) is 0 Å². The highest BCUT2D eigenvalue weighted by molar-refractivity contribution is 7.09. The summed E-state index contributed by atoms with van der Waals surface area (Å²) in [6.45, 7) is 1.13. The van der Waals surface area contributed by atoms with Crippen molar-refractivity contribution >= 4 is 11.3 Å². The van der Waals surface area contributed by atoms with Crippen LogP contribution >= 0.6 is 11.3 Å². The molecule has 0 saturated heterocycles. The highest BCUT2D eigenvalue weighted by Gasteiger charge is 2.02. The zero-order valence-corrected chi connectivity index (χ0v) is 9.61. The minimum Gasteiger partial charge on any atom is -0.487 e. The fraction of sp³-hybridized carbons (Fsp3) is 0.273. The van der Waals surface area contributed by atoms with Gasteiger partial charge in [0.25, 0.3) is 0 Å². The summed E-state index contributed by atoms with van der Waals surface area (Å²) in [6.07, 6.45) is 4.24. The van der Waals surface area contributed by atoms with Crippen molar-refractivity contribution in [1.29, 1.82) is 0 Å². The zero-order chi connectivity index (χ0) is 11.2. The van der Waals surface area contributed by atoms with Crippen LogP contribution in [0.25, 0.3) is 0 Å². The number of aromatic nitrogens is 2. The third-order valence-electron chi connectivity index (χ3n) is 1.99. The number of hydrogen-bond donors (Lipinski definition) is 1. The predicted octanol–water partition coefficient (Wildman–Crippen LogP) is 1.62. The van der Waals surface area contributed by atoms with Gasteiger partial charge in [-0.2, -0.15) is 0 Å². The molecule has 0 atom stereocenters. The van der Waals surface area contributed by atoms with Gasteiger partial charge in [-0.1, -0.05) is 0 Å². The number of rotatable bonds is 5. The molecule has 0 fully saturated rings. The molecule has 0 aromatic carbocycles. The Morgan fingerprint density at radius 2 is 2.12 bits per heavy atom. The summed E-state index contributed by atoms with van der Waals surface area (Å²) in [5.74, 6) is 0.809. The predicted molar refractivity (Wildman–Crippen MR) is 63.4 cm³/mol. The van der Waals surface area contributed by atoms with Crippen LogP contribution in [0, 0.1) is 0 Å². The van der Waals surface area contributed by atoms with E-state index in [1.165, 1.54) is 0 Å². The molecule has 5 heteroatoms. The molecule has 0 unspecified atom stereocenters. The highest BCUT2D eigenvalue weighted by Crippen LogP contribution is 2.13. The maximum atomic E-state index is 5.56. The van der Waals surface area contributed by atoms with Gasteiger partial charge in [0, 0.05) is 24.2 Å². The average molecular weight is 235 g/mol. The summed E-state index contributed by atoms with van der Waals surface area (Å²) in [4.78, 5) is 8.33. The largest absolute Gasteiger partial charge is 0.487 e. The first-order valence-corrected chi connectivity index (χ1v) is 5.92. The lowest BCUT2D eigenvalue weighted by Gasteiger charge is -2.02. The van der Waals surface area contributed by atoms with E-state index in [0.717, 1.165) is 22.9 Å². The Morgan fingerprint density at radius 3 is 2.88 bits per heavy atom. The Hall–Kier alpha value is -1.46. The van der Waals surface area contributed by atoms with Gasteiger partial charge in [-0.15, -0.1) is 11.3 Å². The first kappa shape index (κ1) is 11.0. The fourth-order valence-electron chi connectivity index (χ4n) is 1.25. The van der Waals surface area contributed by atoms with E-state index in [1.807, 2.05) is 17.5 Å². The average Bonchev–Trinajstić information content (AvgIpc) is 2.76. The molecule has 0 saturated carbocycles. The van der Waals surface area contributed by atoms with Crippen LogP contribution in [0.3, 0.4) is 0 Å². The topological polar surface area (TPSA) is 61.0 Å². The van der Waals surface area contributed by atoms with Gasteiger partial charge >= 0.3 is 0 Å². The van der Waals surface area contributed by atoms with Crippen molar-refractivity contribution in [2.24, 2.45) is 5.73 Å². The molecule has 0 aliphatic carbocycles. The van der Waals surface area contributed by atoms with Crippen molar-refractivity contribution in [2.45, 2.75) is 13.0 Å². The van der Waals surface area contributed by atoms with E-state index in [0.29, 0.717) is 13.2 Å². The third-order valence-corrected chi connectivity index (χ3v) is 2.95. The van der Waals surface area contributed by atoms with Crippen molar-refractivity contribution in [1.82, 2.24) is 9.97 Å². The molecule has 0 bridgehead atoms. The highest BCUT2D eigenvalue weighted by atomic mass is 32.1. The van der Waals surface area contributed by atoms with Crippen LogP contribution in [0.4, 0.5) is 0 Å². The van der Waals surface area contributed by atoms with Gasteiger partial charge in [0.15, 0.2) is 0 Å². The van der Waals surface area contributed by atoms with Crippen LogP contribution in [0.5, 0.6) is 5.75 Å². The maximum absolute atomic E-state index is 5.56. The second kappa shape index (κ2) is 5.58. The van der Waals surface area contributed by atoms with Crippen LogP contribution in [-0.4, -0.2) is 16.5 Å². The number of ether oxygens (including phenoxy) is 1. The molecule has 2 rings (SSSR count). The lowest BCUT2D eigenvalue weighted by Crippen LogP contribution is -2.02. The van der Waals surface area contributed by atoms with E-state index < -0.39 is 0 Å². The molecule has 0 aliphatic heterocycles. The molecule has 0 radical (unpaired) electrons. The lowest BCUT2D eigenvalue weighted by atomic mass is 10.4. The van der Waals surface area contributed by atoms with Crippen molar-refractivity contribution in [3.8, 4) is 5.75 Å². The lowest BCUT2D eigenvalue weighted by molar-refractivity contribution is 0.301. The third kappa shape index (κ3) is 3.01. The van der Waals surface area contributed by atoms with Gasteiger partial charge in [0.1, 0.15) is 12.4 Å². The number of thiazole rings is 1. The molecular formula is C11H13N3OS. The molecule has 16 heavy (non-hydrogen) atoms. The maximum Gasteiger partial charge on any atom is 0.131 e. The Morgan fingerprint density at radius 1 is 1.31 bits per heavy atom. The summed E-state index contributed by atoms with van der Waals surface area (Å²) in [5, 5.41) is 3.07. The smallest absolute Gasteiger partial charge is 0.131 e. The van der Waals surface area contributed by atoms with Gasteiger partial charge in [-0.25, -0.2) is 4.98 Å². The summed E-state index contributed by atoms with van der Waals surface area (Å²) < 4.78 is 5.56. The van der Waals surface area contributed by atoms with Crippen molar-refractivity contribution in [3.63, 3.8) is 0 Å². The van der Waals surface area contributed by atoms with E-state index in [4.69, 9.17) is 10.5 Å². The van der Waals surface area contributed by atoms with Crippen LogP contribution in [0.1, 0.15) is 10.7 Å². The Balaban J connectivity index is 1.89. The molecule has 0 aliphatic rings. The Kier molecular flexibility index (Phi) is 3.85. The molecule has 2 heterocycles. The van der Waals surface area contributed by atoms with E-state index in [-0.39, 0.29) is 0 Å². The molecule has 0 spiro atoms. The monoisotopic (exact) mass is 235 g/mol. The molecule has 2 aromatic heterocycles. The zero-order valence-electron chi connectivity index (χ0n) is 8.80. The Labute approximate surface area is 98.1 Å². The van der Waals surface area contributed by atoms with Crippen molar-refractivity contribution in [3.05, 3.63) is 40.6 Å². The second-order valence-electron chi connectivity index (χ2n) is 3.24. The first-order valence-electron chi connectivity index (χ1n) is 5.04. The quantitative estimate of drug-likeness (QED) is 0.855. The van der Waals surface area contributed by atoms with Crippen molar-refractivity contribution < 1.29 is 4.74 Å². The second-order valence-corrected chi connectivity index (χ2v) is 4.19. The van der Waals surface area contributed by atoms with Crippen LogP contribution in [-0.2, 0) is 13.0 Å². The van der Waals surface area contributed by atoms with E-state index >= 15 is 0 Å². The van der Waals surface area contributed by atoms with E-state index in [2.05, 4.69) is 9.97 Å². The number of pyridine rings is 1. The summed E-state index contributed by atoms with van der Waals surface area (Å²) in [5.41, 5.74) is 6.41. The SMILES string of the molecule is NCCc1nc(COc2ccncc2)cs1. The van der Waals surface area contributed by atoms with Gasteiger partial charge in [0.05, 0.1) is 10.7 Å². The van der Waals surface area contributed by atoms with Gasteiger partial charge in [-0.3, -0.25) is 4.98 Å². The molecular weight excluding hydrogens is 222 g/mol. The summed E-state index contributed by atoms with van der Waals surface area (Å²) >= 11 is 1.63. The van der Waals surface area contributed by atoms with Crippen LogP contribution < -0.4 is 10.5 Å². The van der Waals surface area contributed by atoms with Crippen LogP contribution in [0.2, 0.25) is 0 Å². The molecule has 2 aromatic rings. The molecule has 4 nitrogen and oxygen atoms in total. The molecule has 0 amide bonds. The minimum atomic E-state index is 0.491.